The third-order valence-electron chi connectivity index (χ3n) is 2.84. The Balaban J connectivity index is 2.13. The van der Waals surface area contributed by atoms with Crippen LogP contribution in [0.25, 0.3) is 0 Å². The molecule has 15 heavy (non-hydrogen) atoms. The minimum Gasteiger partial charge on any atom is -0.369 e. The molecule has 1 heterocycles. The molecule has 80 valence electrons. The quantitative estimate of drug-likeness (QED) is 0.671. The second-order valence-electron chi connectivity index (χ2n) is 3.84. The molecule has 0 saturated carbocycles. The Kier molecular flexibility index (Phi) is 2.58. The van der Waals surface area contributed by atoms with Crippen LogP contribution >= 0.6 is 0 Å². The fraction of sp³-hybridized carbons (Fsp3) is 0.455. The predicted molar refractivity (Wildman–Crippen MR) is 55.5 cm³/mol. The molecule has 1 aliphatic heterocycles. The first-order chi connectivity index (χ1) is 7.20. The molecule has 1 saturated heterocycles. The summed E-state index contributed by atoms with van der Waals surface area (Å²) in [4.78, 5) is 24.4. The molecule has 1 unspecified atom stereocenters. The lowest BCUT2D eigenvalue weighted by Gasteiger charge is -2.19. The van der Waals surface area contributed by atoms with Gasteiger partial charge in [0.05, 0.1) is 0 Å². The number of carbonyl (C=O) groups is 2. The van der Waals surface area contributed by atoms with Gasteiger partial charge < -0.3 is 10.6 Å². The summed E-state index contributed by atoms with van der Waals surface area (Å²) in [5.74, 6) is -1.29. The van der Waals surface area contributed by atoms with E-state index in [9.17, 15) is 9.59 Å². The number of likely N-dealkylation sites (tertiary alicyclic amines) is 1. The number of allylic oxidation sites excluding steroid dienone is 3. The Labute approximate surface area is 88.4 Å². The van der Waals surface area contributed by atoms with Gasteiger partial charge in [-0.15, -0.1) is 0 Å². The SMILES string of the molecule is NC(=O)C1CCN(C2=CCCC=C2)C1=O. The van der Waals surface area contributed by atoms with E-state index >= 15 is 0 Å². The van der Waals surface area contributed by atoms with Crippen molar-refractivity contribution in [2.75, 3.05) is 6.54 Å². The van der Waals surface area contributed by atoms with E-state index in [-0.39, 0.29) is 5.91 Å². The highest BCUT2D eigenvalue weighted by molar-refractivity contribution is 6.01. The summed E-state index contributed by atoms with van der Waals surface area (Å²) in [7, 11) is 0. The van der Waals surface area contributed by atoms with Gasteiger partial charge in [-0.25, -0.2) is 0 Å². The van der Waals surface area contributed by atoms with Crippen LogP contribution in [-0.4, -0.2) is 23.3 Å². The second kappa shape index (κ2) is 3.88. The molecule has 4 nitrogen and oxygen atoms in total. The summed E-state index contributed by atoms with van der Waals surface area (Å²) in [5, 5.41) is 0. The number of carbonyl (C=O) groups excluding carboxylic acids is 2. The number of hydrogen-bond acceptors (Lipinski definition) is 2. The molecule has 0 aromatic carbocycles. The van der Waals surface area contributed by atoms with Gasteiger partial charge in [-0.05, 0) is 25.3 Å². The molecule has 0 aromatic heterocycles. The van der Waals surface area contributed by atoms with Crippen LogP contribution in [-0.2, 0) is 9.59 Å². The Morgan fingerprint density at radius 2 is 2.27 bits per heavy atom. The molecule has 0 spiro atoms. The fourth-order valence-corrected chi connectivity index (χ4v) is 2.00. The highest BCUT2D eigenvalue weighted by atomic mass is 16.2. The van der Waals surface area contributed by atoms with E-state index in [0.717, 1.165) is 18.5 Å². The average molecular weight is 206 g/mol. The molecule has 1 aliphatic carbocycles. The van der Waals surface area contributed by atoms with Crippen LogP contribution in [0.4, 0.5) is 0 Å². The fourth-order valence-electron chi connectivity index (χ4n) is 2.00. The van der Waals surface area contributed by atoms with Crippen molar-refractivity contribution in [1.29, 1.82) is 0 Å². The van der Waals surface area contributed by atoms with Crippen molar-refractivity contribution in [1.82, 2.24) is 4.90 Å². The van der Waals surface area contributed by atoms with Crippen LogP contribution in [0, 0.1) is 5.92 Å². The van der Waals surface area contributed by atoms with Crippen molar-refractivity contribution >= 4 is 11.8 Å². The van der Waals surface area contributed by atoms with Crippen LogP contribution in [0.2, 0.25) is 0 Å². The van der Waals surface area contributed by atoms with Crippen LogP contribution in [0.1, 0.15) is 19.3 Å². The van der Waals surface area contributed by atoms with Gasteiger partial charge in [0.1, 0.15) is 5.92 Å². The average Bonchev–Trinajstić information content (AvgIpc) is 2.61. The first-order valence-electron chi connectivity index (χ1n) is 5.17. The number of primary amides is 1. The number of nitrogens with two attached hydrogens (primary N) is 1. The smallest absolute Gasteiger partial charge is 0.239 e. The molecule has 0 radical (unpaired) electrons. The van der Waals surface area contributed by atoms with Crippen molar-refractivity contribution in [2.45, 2.75) is 19.3 Å². The summed E-state index contributed by atoms with van der Waals surface area (Å²) >= 11 is 0. The van der Waals surface area contributed by atoms with E-state index in [0.29, 0.717) is 13.0 Å². The van der Waals surface area contributed by atoms with Crippen LogP contribution in [0.15, 0.2) is 23.9 Å². The van der Waals surface area contributed by atoms with Crippen molar-refractivity contribution in [2.24, 2.45) is 11.7 Å². The predicted octanol–water partition coefficient (Wildman–Crippen LogP) is 0.554. The maximum absolute atomic E-state index is 11.8. The lowest BCUT2D eigenvalue weighted by molar-refractivity contribution is -0.135. The third kappa shape index (κ3) is 1.79. The Bertz CT molecular complexity index is 358. The zero-order chi connectivity index (χ0) is 10.8. The standard InChI is InChI=1S/C11H14N2O2/c12-10(14)9-6-7-13(11(9)15)8-4-2-1-3-5-8/h2,4-5,9H,1,3,6-7H2,(H2,12,14). The summed E-state index contributed by atoms with van der Waals surface area (Å²) in [6.45, 7) is 0.600. The van der Waals surface area contributed by atoms with Crippen LogP contribution < -0.4 is 5.73 Å². The van der Waals surface area contributed by atoms with E-state index in [1.165, 1.54) is 0 Å². The summed E-state index contributed by atoms with van der Waals surface area (Å²) in [6, 6.07) is 0. The zero-order valence-electron chi connectivity index (χ0n) is 8.48. The Hall–Kier alpha value is -1.58. The van der Waals surface area contributed by atoms with Gasteiger partial charge in [0.15, 0.2) is 0 Å². The summed E-state index contributed by atoms with van der Waals surface area (Å²) in [6.07, 6.45) is 8.52. The first kappa shape index (κ1) is 9.96. The third-order valence-corrected chi connectivity index (χ3v) is 2.84. The number of hydrogen-bond donors (Lipinski definition) is 1. The van der Waals surface area contributed by atoms with E-state index in [4.69, 9.17) is 5.73 Å². The molecular formula is C11H14N2O2. The van der Waals surface area contributed by atoms with E-state index in [1.54, 1.807) is 4.90 Å². The minimum absolute atomic E-state index is 0.152. The highest BCUT2D eigenvalue weighted by Gasteiger charge is 2.36. The Morgan fingerprint density at radius 1 is 1.47 bits per heavy atom. The molecule has 1 fully saturated rings. The van der Waals surface area contributed by atoms with Gasteiger partial charge in [-0.3, -0.25) is 9.59 Å². The molecular weight excluding hydrogens is 192 g/mol. The van der Waals surface area contributed by atoms with Crippen molar-refractivity contribution in [3.05, 3.63) is 23.9 Å². The maximum Gasteiger partial charge on any atom is 0.239 e. The van der Waals surface area contributed by atoms with Crippen molar-refractivity contribution in [3.63, 3.8) is 0 Å². The first-order valence-corrected chi connectivity index (χ1v) is 5.17. The lowest BCUT2D eigenvalue weighted by atomic mass is 10.1. The number of nitrogens with zero attached hydrogens (tertiary/aromatic N) is 1. The molecule has 2 rings (SSSR count). The maximum atomic E-state index is 11.8. The normalized spacial score (nSPS) is 25.6. The zero-order valence-corrected chi connectivity index (χ0v) is 8.48. The van der Waals surface area contributed by atoms with Crippen LogP contribution in [0.3, 0.4) is 0 Å². The van der Waals surface area contributed by atoms with Gasteiger partial charge in [0.2, 0.25) is 11.8 Å². The minimum atomic E-state index is -0.624. The molecule has 1 atom stereocenters. The molecule has 0 bridgehead atoms. The topological polar surface area (TPSA) is 63.4 Å². The number of amides is 2. The largest absolute Gasteiger partial charge is 0.369 e. The highest BCUT2D eigenvalue weighted by Crippen LogP contribution is 2.24. The Morgan fingerprint density at radius 3 is 2.80 bits per heavy atom. The van der Waals surface area contributed by atoms with E-state index in [1.807, 2.05) is 18.2 Å². The van der Waals surface area contributed by atoms with Gasteiger partial charge in [0, 0.05) is 12.2 Å². The number of rotatable bonds is 2. The van der Waals surface area contributed by atoms with Gasteiger partial charge in [-0.1, -0.05) is 12.2 Å². The van der Waals surface area contributed by atoms with Crippen molar-refractivity contribution in [3.8, 4) is 0 Å². The molecule has 2 amide bonds. The molecule has 2 N–H and O–H groups in total. The van der Waals surface area contributed by atoms with Gasteiger partial charge in [0.25, 0.3) is 0 Å². The summed E-state index contributed by atoms with van der Waals surface area (Å²) in [5.41, 5.74) is 6.07. The van der Waals surface area contributed by atoms with Crippen LogP contribution in [0.5, 0.6) is 0 Å². The van der Waals surface area contributed by atoms with E-state index in [2.05, 4.69) is 0 Å². The van der Waals surface area contributed by atoms with E-state index < -0.39 is 11.8 Å². The molecule has 2 aliphatic rings. The van der Waals surface area contributed by atoms with Gasteiger partial charge in [-0.2, -0.15) is 0 Å². The van der Waals surface area contributed by atoms with Gasteiger partial charge >= 0.3 is 0 Å². The molecule has 0 aromatic rings. The monoisotopic (exact) mass is 206 g/mol. The second-order valence-corrected chi connectivity index (χ2v) is 3.84. The molecule has 4 heteroatoms. The van der Waals surface area contributed by atoms with Crippen molar-refractivity contribution < 1.29 is 9.59 Å². The lowest BCUT2D eigenvalue weighted by Crippen LogP contribution is -2.32. The summed E-state index contributed by atoms with van der Waals surface area (Å²) < 4.78 is 0.